The third-order valence-electron chi connectivity index (χ3n) is 7.46. The van der Waals surface area contributed by atoms with Crippen molar-refractivity contribution in [3.05, 3.63) is 84.9 Å². The predicted octanol–water partition coefficient (Wildman–Crippen LogP) is 8.37. The molecule has 0 bridgehead atoms. The number of hydrogen-bond donors (Lipinski definition) is 0. The molecule has 0 radical (unpaired) electrons. The van der Waals surface area contributed by atoms with Gasteiger partial charge >= 0.3 is 0 Å². The molecule has 0 spiro atoms. The Labute approximate surface area is 254 Å². The zero-order valence-corrected chi connectivity index (χ0v) is 24.6. The molecule has 0 saturated heterocycles. The van der Waals surface area contributed by atoms with E-state index in [1.54, 1.807) is 0 Å². The average Bonchev–Trinajstić information content (AvgIpc) is 3.85. The van der Waals surface area contributed by atoms with Crippen molar-refractivity contribution in [2.75, 3.05) is 0 Å². The normalized spacial score (nSPS) is 11.8. The van der Waals surface area contributed by atoms with E-state index in [1.807, 2.05) is 48.5 Å². The second-order valence-corrected chi connectivity index (χ2v) is 11.8. The van der Waals surface area contributed by atoms with Gasteiger partial charge in [0.25, 0.3) is 0 Å². The molecular weight excluding hydrogens is 601 g/mol. The van der Waals surface area contributed by atoms with Gasteiger partial charge in [0, 0.05) is 22.3 Å². The van der Waals surface area contributed by atoms with Crippen molar-refractivity contribution in [1.82, 2.24) is 35.0 Å². The van der Waals surface area contributed by atoms with Gasteiger partial charge in [0.1, 0.15) is 44.1 Å². The van der Waals surface area contributed by atoms with Gasteiger partial charge < -0.3 is 0 Å². The highest BCUT2D eigenvalue weighted by atomic mass is 32.1. The topological polar surface area (TPSA) is 103 Å². The molecule has 4 aromatic heterocycles. The van der Waals surface area contributed by atoms with Crippen molar-refractivity contribution >= 4 is 91.0 Å². The summed E-state index contributed by atoms with van der Waals surface area (Å²) in [5.74, 6) is 0. The van der Waals surface area contributed by atoms with E-state index in [1.165, 1.54) is 46.9 Å². The third-order valence-corrected chi connectivity index (χ3v) is 9.63. The first-order chi connectivity index (χ1) is 20.8. The Kier molecular flexibility index (Phi) is 5.41. The Morgan fingerprint density at radius 1 is 0.286 bits per heavy atom. The van der Waals surface area contributed by atoms with Gasteiger partial charge in [-0.15, -0.1) is 0 Å². The third kappa shape index (κ3) is 3.63. The Bertz CT molecular complexity index is 2120. The zero-order valence-electron chi connectivity index (χ0n) is 21.3. The van der Waals surface area contributed by atoms with Crippen LogP contribution < -0.4 is 0 Å². The average molecular weight is 615 g/mol. The van der Waals surface area contributed by atoms with Crippen LogP contribution in [0, 0.1) is 0 Å². The van der Waals surface area contributed by atoms with Crippen LogP contribution >= 0.6 is 46.9 Å². The molecule has 42 heavy (non-hydrogen) atoms. The van der Waals surface area contributed by atoms with E-state index >= 15 is 0 Å². The van der Waals surface area contributed by atoms with Crippen LogP contribution in [0.2, 0.25) is 0 Å². The lowest BCUT2D eigenvalue weighted by Crippen LogP contribution is -1.95. The molecule has 9 rings (SSSR count). The largest absolute Gasteiger partial charge is 0.173 e. The molecule has 0 atom stereocenters. The van der Waals surface area contributed by atoms with Crippen LogP contribution in [0.4, 0.5) is 0 Å². The summed E-state index contributed by atoms with van der Waals surface area (Å²) in [5.41, 5.74) is 15.0. The minimum Gasteiger partial charge on any atom is -0.173 e. The van der Waals surface area contributed by atoms with Gasteiger partial charge in [0.05, 0.1) is 46.9 Å². The molecule has 0 fully saturated rings. The minimum atomic E-state index is 0.866. The minimum absolute atomic E-state index is 0.866. The summed E-state index contributed by atoms with van der Waals surface area (Å²) in [5, 5.41) is 0. The van der Waals surface area contributed by atoms with Crippen molar-refractivity contribution in [2.45, 2.75) is 0 Å². The molecule has 0 unspecified atom stereocenters. The fourth-order valence-electron chi connectivity index (χ4n) is 5.58. The monoisotopic (exact) mass is 614 g/mol. The molecule has 198 valence electrons. The number of fused-ring (bicyclic) bond motifs is 4. The van der Waals surface area contributed by atoms with Crippen LogP contribution in [0.5, 0.6) is 0 Å². The summed E-state index contributed by atoms with van der Waals surface area (Å²) in [4.78, 5) is 0. The van der Waals surface area contributed by atoms with Gasteiger partial charge in [0.15, 0.2) is 0 Å². The van der Waals surface area contributed by atoms with E-state index in [4.69, 9.17) is 17.5 Å². The van der Waals surface area contributed by atoms with Crippen LogP contribution in [-0.4, -0.2) is 35.0 Å². The highest BCUT2D eigenvalue weighted by molar-refractivity contribution is 7.00. The first-order valence-corrected chi connectivity index (χ1v) is 15.8. The Morgan fingerprint density at radius 2 is 0.548 bits per heavy atom. The molecule has 5 aromatic carbocycles. The number of benzene rings is 5. The van der Waals surface area contributed by atoms with E-state index in [2.05, 4.69) is 53.9 Å². The van der Waals surface area contributed by atoms with E-state index in [9.17, 15) is 0 Å². The quantitative estimate of drug-likeness (QED) is 0.195. The second-order valence-electron chi connectivity index (χ2n) is 9.69. The molecule has 12 heteroatoms. The summed E-state index contributed by atoms with van der Waals surface area (Å²) in [7, 11) is 0. The van der Waals surface area contributed by atoms with Crippen molar-refractivity contribution in [3.63, 3.8) is 0 Å². The second kappa shape index (κ2) is 9.46. The van der Waals surface area contributed by atoms with Gasteiger partial charge in [-0.2, -0.15) is 35.0 Å². The molecule has 9 aromatic rings. The lowest BCUT2D eigenvalue weighted by molar-refractivity contribution is 1.54. The molecule has 0 aliphatic rings. The lowest BCUT2D eigenvalue weighted by atomic mass is 9.84. The first-order valence-electron chi connectivity index (χ1n) is 12.9. The molecule has 0 saturated carbocycles. The molecule has 4 heterocycles. The van der Waals surface area contributed by atoms with Gasteiger partial charge in [-0.1, -0.05) is 48.5 Å². The summed E-state index contributed by atoms with van der Waals surface area (Å²) < 4.78 is 37.0. The molecule has 0 aliphatic heterocycles. The smallest absolute Gasteiger partial charge is 0.112 e. The molecule has 0 N–H and O–H groups in total. The van der Waals surface area contributed by atoms with E-state index < -0.39 is 0 Å². The number of hydrogen-bond acceptors (Lipinski definition) is 12. The van der Waals surface area contributed by atoms with Crippen molar-refractivity contribution in [3.8, 4) is 44.5 Å². The Morgan fingerprint density at radius 3 is 0.810 bits per heavy atom. The standard InChI is InChI=1S/C30H14N8S4/c1-5-15(27-23(9-1)31-39-35-27)19-13-21(17-7-3-11-25-29(17)37-41-33-25)22(18-8-4-12-26-30(18)38-42-34-26)14-20(19)16-6-2-10-24-28(16)36-40-32-24/h1-14H. The van der Waals surface area contributed by atoms with E-state index in [0.717, 1.165) is 88.6 Å². The number of nitrogens with zero attached hydrogens (tertiary/aromatic N) is 8. The number of rotatable bonds is 4. The predicted molar refractivity (Wildman–Crippen MR) is 172 cm³/mol. The van der Waals surface area contributed by atoms with Gasteiger partial charge in [0.2, 0.25) is 0 Å². The fourth-order valence-corrected chi connectivity index (χ4v) is 7.78. The van der Waals surface area contributed by atoms with Crippen LogP contribution in [-0.2, 0) is 0 Å². The molecule has 0 aliphatic carbocycles. The van der Waals surface area contributed by atoms with Crippen LogP contribution in [0.25, 0.3) is 88.6 Å². The highest BCUT2D eigenvalue weighted by Gasteiger charge is 2.23. The van der Waals surface area contributed by atoms with Gasteiger partial charge in [-0.05, 0) is 58.7 Å². The number of aromatic nitrogens is 8. The fraction of sp³-hybridized carbons (Fsp3) is 0. The van der Waals surface area contributed by atoms with Crippen LogP contribution in [0.3, 0.4) is 0 Å². The molecular formula is C30H14N8S4. The van der Waals surface area contributed by atoms with Crippen molar-refractivity contribution < 1.29 is 0 Å². The molecule has 8 nitrogen and oxygen atoms in total. The zero-order chi connectivity index (χ0) is 27.6. The maximum absolute atomic E-state index is 4.71. The van der Waals surface area contributed by atoms with Crippen LogP contribution in [0.1, 0.15) is 0 Å². The molecule has 0 amide bonds. The van der Waals surface area contributed by atoms with E-state index in [0.29, 0.717) is 0 Å². The Hall–Kier alpha value is -4.62. The summed E-state index contributed by atoms with van der Waals surface area (Å²) in [6.07, 6.45) is 0. The van der Waals surface area contributed by atoms with Gasteiger partial charge in [-0.25, -0.2) is 0 Å². The van der Waals surface area contributed by atoms with Crippen molar-refractivity contribution in [1.29, 1.82) is 0 Å². The Balaban J connectivity index is 1.47. The SMILES string of the molecule is c1cc(-c2cc(-c3cccc4nsnc34)c(-c3cccc4nsnc34)cc2-c2cccc3nsnc23)c2nsnc2c1. The lowest BCUT2D eigenvalue weighted by Gasteiger charge is -2.19. The maximum Gasteiger partial charge on any atom is 0.112 e. The van der Waals surface area contributed by atoms with Crippen molar-refractivity contribution in [2.24, 2.45) is 0 Å². The highest BCUT2D eigenvalue weighted by Crippen LogP contribution is 2.46. The van der Waals surface area contributed by atoms with Crippen LogP contribution in [0.15, 0.2) is 84.9 Å². The van der Waals surface area contributed by atoms with E-state index in [-0.39, 0.29) is 0 Å². The maximum atomic E-state index is 4.71. The summed E-state index contributed by atoms with van der Waals surface area (Å²) in [6, 6.07) is 29.1. The van der Waals surface area contributed by atoms with Gasteiger partial charge in [-0.3, -0.25) is 0 Å². The summed E-state index contributed by atoms with van der Waals surface area (Å²) in [6.45, 7) is 0. The first kappa shape index (κ1) is 24.0. The summed E-state index contributed by atoms with van der Waals surface area (Å²) >= 11 is 4.89.